The summed E-state index contributed by atoms with van der Waals surface area (Å²) in [5, 5.41) is 5.31. The Morgan fingerprint density at radius 3 is 2.40 bits per heavy atom. The summed E-state index contributed by atoms with van der Waals surface area (Å²) in [6.07, 6.45) is 9.82. The van der Waals surface area contributed by atoms with Gasteiger partial charge in [0.1, 0.15) is 0 Å². The Bertz CT molecular complexity index is 645. The Morgan fingerprint density at radius 2 is 1.60 bits per heavy atom. The summed E-state index contributed by atoms with van der Waals surface area (Å²) < 4.78 is 0. The summed E-state index contributed by atoms with van der Waals surface area (Å²) in [5.74, 6) is 0. The molecule has 0 aliphatic heterocycles. The molecule has 0 heteroatoms. The second-order valence-corrected chi connectivity index (χ2v) is 3.86. The molecule has 0 spiro atoms. The molecular formula is C15H12. The van der Waals surface area contributed by atoms with Crippen molar-refractivity contribution in [2.24, 2.45) is 0 Å². The summed E-state index contributed by atoms with van der Waals surface area (Å²) >= 11 is 0. The summed E-state index contributed by atoms with van der Waals surface area (Å²) in [4.78, 5) is 0. The summed E-state index contributed by atoms with van der Waals surface area (Å²) in [6, 6.07) is 13.0. The lowest BCUT2D eigenvalue weighted by Crippen LogP contribution is -2.23. The average molecular weight is 192 g/mol. The first-order chi connectivity index (χ1) is 7.43. The van der Waals surface area contributed by atoms with Gasteiger partial charge in [-0.1, -0.05) is 48.6 Å². The third-order valence-electron chi connectivity index (χ3n) is 2.84. The van der Waals surface area contributed by atoms with E-state index < -0.39 is 0 Å². The molecule has 0 heterocycles. The number of rotatable bonds is 0. The third-order valence-corrected chi connectivity index (χ3v) is 2.84. The highest BCUT2D eigenvalue weighted by Crippen LogP contribution is 2.08. The van der Waals surface area contributed by atoms with E-state index in [0.29, 0.717) is 0 Å². The largest absolute Gasteiger partial charge is 0.0807 e. The molecule has 1 aliphatic rings. The monoisotopic (exact) mass is 192 g/mol. The topological polar surface area (TPSA) is 0 Å². The molecule has 0 unspecified atom stereocenters. The van der Waals surface area contributed by atoms with Gasteiger partial charge in [-0.05, 0) is 39.8 Å². The first kappa shape index (κ1) is 8.49. The molecule has 0 amide bonds. The highest BCUT2D eigenvalue weighted by Gasteiger charge is 1.93. The molecule has 0 bridgehead atoms. The van der Waals surface area contributed by atoms with Crippen LogP contribution in [0.3, 0.4) is 0 Å². The smallest absolute Gasteiger partial charge is 0.0157 e. The van der Waals surface area contributed by atoms with Crippen molar-refractivity contribution in [3.8, 4) is 0 Å². The maximum Gasteiger partial charge on any atom is -0.0157 e. The quantitative estimate of drug-likeness (QED) is 0.601. The van der Waals surface area contributed by atoms with E-state index in [-0.39, 0.29) is 0 Å². The molecule has 0 nitrogen and oxygen atoms in total. The van der Waals surface area contributed by atoms with Crippen LogP contribution >= 0.6 is 0 Å². The number of allylic oxidation sites excluding steroid dienone is 2. The molecule has 0 fully saturated rings. The molecule has 0 radical (unpaired) electrons. The highest BCUT2D eigenvalue weighted by atomic mass is 14.0. The molecule has 0 aromatic heterocycles. The van der Waals surface area contributed by atoms with E-state index in [1.807, 2.05) is 0 Å². The maximum absolute atomic E-state index is 2.28. The zero-order valence-electron chi connectivity index (χ0n) is 8.48. The number of hydrogen-bond acceptors (Lipinski definition) is 0. The predicted octanol–water partition coefficient (Wildman–Crippen LogP) is 2.36. The number of fused-ring (bicyclic) bond motifs is 2. The minimum absolute atomic E-state index is 1.03. The van der Waals surface area contributed by atoms with Gasteiger partial charge in [0.25, 0.3) is 0 Å². The zero-order chi connectivity index (χ0) is 10.1. The van der Waals surface area contributed by atoms with Crippen molar-refractivity contribution >= 4 is 22.9 Å². The van der Waals surface area contributed by atoms with Crippen LogP contribution in [-0.2, 0) is 0 Å². The van der Waals surface area contributed by atoms with E-state index in [4.69, 9.17) is 0 Å². The van der Waals surface area contributed by atoms with E-state index in [1.54, 1.807) is 0 Å². The van der Waals surface area contributed by atoms with Gasteiger partial charge in [-0.15, -0.1) is 0 Å². The summed E-state index contributed by atoms with van der Waals surface area (Å²) in [5.41, 5.74) is 0. The predicted molar refractivity (Wildman–Crippen MR) is 65.9 cm³/mol. The molecule has 0 atom stereocenters. The van der Waals surface area contributed by atoms with Gasteiger partial charge < -0.3 is 0 Å². The van der Waals surface area contributed by atoms with Crippen molar-refractivity contribution < 1.29 is 0 Å². The molecule has 15 heavy (non-hydrogen) atoms. The second kappa shape index (κ2) is 3.39. The second-order valence-electron chi connectivity index (χ2n) is 3.86. The van der Waals surface area contributed by atoms with Crippen molar-refractivity contribution in [3.05, 3.63) is 59.0 Å². The van der Waals surface area contributed by atoms with Gasteiger partial charge in [-0.2, -0.15) is 0 Å². The number of benzene rings is 2. The Labute approximate surface area is 88.9 Å². The van der Waals surface area contributed by atoms with Gasteiger partial charge in [-0.25, -0.2) is 0 Å². The molecule has 0 N–H and O–H groups in total. The van der Waals surface area contributed by atoms with Crippen LogP contribution in [0.15, 0.2) is 48.6 Å². The van der Waals surface area contributed by atoms with Gasteiger partial charge in [0, 0.05) is 0 Å². The molecule has 1 aliphatic carbocycles. The molecule has 3 rings (SSSR count). The lowest BCUT2D eigenvalue weighted by molar-refractivity contribution is 1.47. The van der Waals surface area contributed by atoms with Crippen molar-refractivity contribution in [1.82, 2.24) is 0 Å². The Kier molecular flexibility index (Phi) is 1.92. The van der Waals surface area contributed by atoms with Gasteiger partial charge in [0.2, 0.25) is 0 Å². The van der Waals surface area contributed by atoms with Gasteiger partial charge in [0.05, 0.1) is 0 Å². The highest BCUT2D eigenvalue weighted by molar-refractivity contribution is 5.83. The standard InChI is InChI=1S/C15H12/c1-2-6-12-10-14-8-4-5-9-15(14)11-13(12)7-3-1/h1-2,4-11H,3H2. The average Bonchev–Trinajstić information content (AvgIpc) is 2.50. The van der Waals surface area contributed by atoms with E-state index in [0.717, 1.165) is 6.42 Å². The van der Waals surface area contributed by atoms with Crippen molar-refractivity contribution in [1.29, 1.82) is 0 Å². The fraction of sp³-hybridized carbons (Fsp3) is 0.0667. The van der Waals surface area contributed by atoms with Crippen LogP contribution < -0.4 is 10.4 Å². The molecule has 0 saturated heterocycles. The first-order valence-electron chi connectivity index (χ1n) is 5.29. The molecule has 0 saturated carbocycles. The molecule has 2 aromatic carbocycles. The summed E-state index contributed by atoms with van der Waals surface area (Å²) in [7, 11) is 0. The van der Waals surface area contributed by atoms with Crippen LogP contribution in [0, 0.1) is 0 Å². The maximum atomic E-state index is 2.28. The Balaban J connectivity index is 2.48. The van der Waals surface area contributed by atoms with Crippen LogP contribution in [0.25, 0.3) is 22.9 Å². The lowest BCUT2D eigenvalue weighted by atomic mass is 10.1. The van der Waals surface area contributed by atoms with Crippen LogP contribution in [0.4, 0.5) is 0 Å². The fourth-order valence-corrected chi connectivity index (χ4v) is 2.04. The van der Waals surface area contributed by atoms with Gasteiger partial charge in [0.15, 0.2) is 0 Å². The van der Waals surface area contributed by atoms with Crippen LogP contribution in [-0.4, -0.2) is 0 Å². The van der Waals surface area contributed by atoms with Gasteiger partial charge in [-0.3, -0.25) is 0 Å². The normalized spacial score (nSPS) is 13.9. The minimum atomic E-state index is 1.03. The van der Waals surface area contributed by atoms with Crippen molar-refractivity contribution in [2.75, 3.05) is 0 Å². The van der Waals surface area contributed by atoms with E-state index in [2.05, 4.69) is 60.7 Å². The summed E-state index contributed by atoms with van der Waals surface area (Å²) in [6.45, 7) is 0. The van der Waals surface area contributed by atoms with Crippen molar-refractivity contribution in [2.45, 2.75) is 6.42 Å². The molecular weight excluding hydrogens is 180 g/mol. The van der Waals surface area contributed by atoms with Crippen LogP contribution in [0.5, 0.6) is 0 Å². The first-order valence-corrected chi connectivity index (χ1v) is 5.29. The lowest BCUT2D eigenvalue weighted by Gasteiger charge is -1.97. The fourth-order valence-electron chi connectivity index (χ4n) is 2.04. The minimum Gasteiger partial charge on any atom is -0.0807 e. The van der Waals surface area contributed by atoms with Crippen LogP contribution in [0.2, 0.25) is 0 Å². The van der Waals surface area contributed by atoms with E-state index >= 15 is 0 Å². The van der Waals surface area contributed by atoms with Crippen LogP contribution in [0.1, 0.15) is 6.42 Å². The molecule has 72 valence electrons. The van der Waals surface area contributed by atoms with E-state index in [1.165, 1.54) is 21.2 Å². The van der Waals surface area contributed by atoms with Crippen molar-refractivity contribution in [3.63, 3.8) is 0 Å². The molecule has 2 aromatic rings. The Hall–Kier alpha value is -1.82. The third kappa shape index (κ3) is 1.48. The Morgan fingerprint density at radius 1 is 0.867 bits per heavy atom. The SMILES string of the molecule is C1=CCC=c2cc3ccccc3cc2=C1. The van der Waals surface area contributed by atoms with Gasteiger partial charge >= 0.3 is 0 Å². The van der Waals surface area contributed by atoms with E-state index in [9.17, 15) is 0 Å². The number of hydrogen-bond donors (Lipinski definition) is 0. The zero-order valence-corrected chi connectivity index (χ0v) is 8.48.